The van der Waals surface area contributed by atoms with Gasteiger partial charge in [-0.15, -0.1) is 0 Å². The summed E-state index contributed by atoms with van der Waals surface area (Å²) in [5, 5.41) is 9.97. The van der Waals surface area contributed by atoms with E-state index in [0.717, 1.165) is 37.1 Å². The second-order valence-corrected chi connectivity index (χ2v) is 8.09. The van der Waals surface area contributed by atoms with E-state index in [1.807, 2.05) is 50.2 Å². The molecule has 2 N–H and O–H groups in total. The zero-order chi connectivity index (χ0) is 22.0. The summed E-state index contributed by atoms with van der Waals surface area (Å²) < 4.78 is 1.03. The first-order valence-electron chi connectivity index (χ1n) is 10.4. The van der Waals surface area contributed by atoms with Gasteiger partial charge in [0.15, 0.2) is 0 Å². The molecular formula is C26H23BrN2O2. The number of amides is 2. The maximum Gasteiger partial charge on any atom is 0.251 e. The Hall–Kier alpha value is -3.18. The third-order valence-electron chi connectivity index (χ3n) is 5.29. The van der Waals surface area contributed by atoms with E-state index in [1.54, 1.807) is 6.07 Å². The van der Waals surface area contributed by atoms with Gasteiger partial charge >= 0.3 is 0 Å². The van der Waals surface area contributed by atoms with E-state index in [9.17, 15) is 9.59 Å². The molecule has 0 unspecified atom stereocenters. The van der Waals surface area contributed by atoms with Crippen LogP contribution in [-0.2, 0) is 0 Å². The third kappa shape index (κ3) is 3.93. The normalized spacial score (nSPS) is 10.9. The fourth-order valence-corrected chi connectivity index (χ4v) is 4.64. The van der Waals surface area contributed by atoms with Crippen LogP contribution in [0.15, 0.2) is 71.2 Å². The number of halogens is 1. The SMILES string of the molecule is CCNC(=O)c1cc(C(=O)NCC)cc(-c2c3ccccc3c(Br)c3ccccc23)c1. The van der Waals surface area contributed by atoms with E-state index < -0.39 is 0 Å². The Morgan fingerprint density at radius 2 is 1.13 bits per heavy atom. The minimum atomic E-state index is -0.194. The van der Waals surface area contributed by atoms with Crippen LogP contribution in [0.4, 0.5) is 0 Å². The smallest absolute Gasteiger partial charge is 0.251 e. The van der Waals surface area contributed by atoms with Crippen molar-refractivity contribution in [2.45, 2.75) is 13.8 Å². The lowest BCUT2D eigenvalue weighted by molar-refractivity contribution is 0.0955. The maximum absolute atomic E-state index is 12.7. The highest BCUT2D eigenvalue weighted by Gasteiger charge is 2.18. The lowest BCUT2D eigenvalue weighted by Gasteiger charge is -2.16. The van der Waals surface area contributed by atoms with Crippen molar-refractivity contribution in [2.75, 3.05) is 13.1 Å². The van der Waals surface area contributed by atoms with Gasteiger partial charge in [-0.1, -0.05) is 48.5 Å². The Labute approximate surface area is 189 Å². The van der Waals surface area contributed by atoms with Crippen molar-refractivity contribution in [1.82, 2.24) is 10.6 Å². The summed E-state index contributed by atoms with van der Waals surface area (Å²) in [6, 6.07) is 21.7. The van der Waals surface area contributed by atoms with Gasteiger partial charge in [0.25, 0.3) is 11.8 Å². The molecule has 0 saturated carbocycles. The summed E-state index contributed by atoms with van der Waals surface area (Å²) in [5.41, 5.74) is 2.78. The van der Waals surface area contributed by atoms with Crippen LogP contribution in [0.25, 0.3) is 32.7 Å². The average Bonchev–Trinajstić information content (AvgIpc) is 2.79. The Kier molecular flexibility index (Phi) is 6.05. The molecule has 0 fully saturated rings. The molecule has 0 aliphatic rings. The molecule has 0 atom stereocenters. The number of hydrogen-bond acceptors (Lipinski definition) is 2. The van der Waals surface area contributed by atoms with Crippen molar-refractivity contribution < 1.29 is 9.59 Å². The topological polar surface area (TPSA) is 58.2 Å². The number of benzene rings is 4. The largest absolute Gasteiger partial charge is 0.352 e. The van der Waals surface area contributed by atoms with Gasteiger partial charge in [0.05, 0.1) is 0 Å². The molecule has 0 heterocycles. The van der Waals surface area contributed by atoms with Crippen LogP contribution in [0.3, 0.4) is 0 Å². The number of carbonyl (C=O) groups excluding carboxylic acids is 2. The summed E-state index contributed by atoms with van der Waals surface area (Å²) in [5.74, 6) is -0.388. The first-order chi connectivity index (χ1) is 15.0. The summed E-state index contributed by atoms with van der Waals surface area (Å²) in [6.07, 6.45) is 0. The van der Waals surface area contributed by atoms with Crippen molar-refractivity contribution in [2.24, 2.45) is 0 Å². The molecule has 156 valence electrons. The van der Waals surface area contributed by atoms with E-state index in [2.05, 4.69) is 50.8 Å². The maximum atomic E-state index is 12.7. The number of carbonyl (C=O) groups is 2. The van der Waals surface area contributed by atoms with Gasteiger partial charge in [-0.2, -0.15) is 0 Å². The molecule has 0 spiro atoms. The second-order valence-electron chi connectivity index (χ2n) is 7.30. The van der Waals surface area contributed by atoms with E-state index in [-0.39, 0.29) is 11.8 Å². The number of fused-ring (bicyclic) bond motifs is 2. The molecular weight excluding hydrogens is 452 g/mol. The molecule has 0 saturated heterocycles. The second kappa shape index (κ2) is 8.90. The molecule has 0 bridgehead atoms. The van der Waals surface area contributed by atoms with Gasteiger partial charge in [-0.25, -0.2) is 0 Å². The van der Waals surface area contributed by atoms with E-state index in [0.29, 0.717) is 24.2 Å². The zero-order valence-corrected chi connectivity index (χ0v) is 19.0. The summed E-state index contributed by atoms with van der Waals surface area (Å²) in [6.45, 7) is 4.79. The quantitative estimate of drug-likeness (QED) is 0.352. The van der Waals surface area contributed by atoms with Gasteiger partial charge in [-0.05, 0) is 80.6 Å². The Morgan fingerprint density at radius 3 is 1.55 bits per heavy atom. The molecule has 4 aromatic carbocycles. The molecule has 4 aromatic rings. The standard InChI is InChI=1S/C26H23BrN2O2/c1-3-28-25(30)17-13-16(14-18(15-17)26(31)29-4-2)23-19-9-5-7-11-21(19)24(27)22-12-8-6-10-20(22)23/h5-15H,3-4H2,1-2H3,(H,28,30)(H,29,31). The summed E-state index contributed by atoms with van der Waals surface area (Å²) >= 11 is 3.78. The highest BCUT2D eigenvalue weighted by molar-refractivity contribution is 9.10. The molecule has 0 aliphatic heterocycles. The van der Waals surface area contributed by atoms with Crippen LogP contribution in [0, 0.1) is 0 Å². The number of hydrogen-bond donors (Lipinski definition) is 2. The van der Waals surface area contributed by atoms with Crippen molar-refractivity contribution in [3.8, 4) is 11.1 Å². The van der Waals surface area contributed by atoms with Crippen LogP contribution in [0.1, 0.15) is 34.6 Å². The monoisotopic (exact) mass is 474 g/mol. The molecule has 4 rings (SSSR count). The van der Waals surface area contributed by atoms with Crippen LogP contribution in [0.2, 0.25) is 0 Å². The zero-order valence-electron chi connectivity index (χ0n) is 17.5. The molecule has 4 nitrogen and oxygen atoms in total. The van der Waals surface area contributed by atoms with E-state index in [1.165, 1.54) is 0 Å². The highest BCUT2D eigenvalue weighted by Crippen LogP contribution is 2.41. The average molecular weight is 475 g/mol. The first-order valence-corrected chi connectivity index (χ1v) is 11.1. The van der Waals surface area contributed by atoms with Crippen LogP contribution >= 0.6 is 15.9 Å². The lowest BCUT2D eigenvalue weighted by atomic mass is 9.90. The van der Waals surface area contributed by atoms with E-state index >= 15 is 0 Å². The minimum absolute atomic E-state index is 0.194. The van der Waals surface area contributed by atoms with Gasteiger partial charge in [-0.3, -0.25) is 9.59 Å². The Balaban J connectivity index is 2.08. The fraction of sp³-hybridized carbons (Fsp3) is 0.154. The van der Waals surface area contributed by atoms with Crippen LogP contribution in [-0.4, -0.2) is 24.9 Å². The van der Waals surface area contributed by atoms with Crippen molar-refractivity contribution in [3.63, 3.8) is 0 Å². The summed E-state index contributed by atoms with van der Waals surface area (Å²) in [4.78, 5) is 25.4. The number of nitrogens with one attached hydrogen (secondary N) is 2. The molecule has 0 aromatic heterocycles. The molecule has 0 radical (unpaired) electrons. The Bertz CT molecular complexity index is 1220. The molecule has 2 amide bonds. The van der Waals surface area contributed by atoms with Crippen LogP contribution in [0.5, 0.6) is 0 Å². The van der Waals surface area contributed by atoms with Gasteiger partial charge in [0.1, 0.15) is 0 Å². The minimum Gasteiger partial charge on any atom is -0.352 e. The highest BCUT2D eigenvalue weighted by atomic mass is 79.9. The molecule has 31 heavy (non-hydrogen) atoms. The predicted molar refractivity (Wildman–Crippen MR) is 131 cm³/mol. The Morgan fingerprint density at radius 1 is 0.710 bits per heavy atom. The van der Waals surface area contributed by atoms with Gasteiger partial charge in [0, 0.05) is 28.7 Å². The lowest BCUT2D eigenvalue weighted by Crippen LogP contribution is -2.25. The van der Waals surface area contributed by atoms with Crippen molar-refractivity contribution in [1.29, 1.82) is 0 Å². The van der Waals surface area contributed by atoms with Crippen LogP contribution < -0.4 is 10.6 Å². The van der Waals surface area contributed by atoms with Gasteiger partial charge < -0.3 is 10.6 Å². The number of rotatable bonds is 5. The first kappa shape index (κ1) is 21.1. The van der Waals surface area contributed by atoms with Crippen molar-refractivity contribution in [3.05, 3.63) is 82.3 Å². The molecule has 0 aliphatic carbocycles. The fourth-order valence-electron chi connectivity index (χ4n) is 3.95. The van der Waals surface area contributed by atoms with E-state index in [4.69, 9.17) is 0 Å². The molecule has 5 heteroatoms. The third-order valence-corrected chi connectivity index (χ3v) is 6.14. The predicted octanol–water partition coefficient (Wildman–Crippen LogP) is 5.92. The van der Waals surface area contributed by atoms with Crippen molar-refractivity contribution >= 4 is 49.3 Å². The van der Waals surface area contributed by atoms with Gasteiger partial charge in [0.2, 0.25) is 0 Å². The summed E-state index contributed by atoms with van der Waals surface area (Å²) in [7, 11) is 0.